The van der Waals surface area contributed by atoms with E-state index in [1.165, 1.54) is 43.5 Å². The van der Waals surface area contributed by atoms with Crippen LogP contribution in [0.15, 0.2) is 12.1 Å². The average molecular weight is 207 g/mol. The molecule has 1 unspecified atom stereocenters. The molecular formula is C14H25N. The molecule has 0 saturated heterocycles. The number of aryl methyl sites for hydroxylation is 2. The summed E-state index contributed by atoms with van der Waals surface area (Å²) in [5.41, 5.74) is 2.80. The van der Waals surface area contributed by atoms with Crippen LogP contribution < -0.4 is 0 Å². The van der Waals surface area contributed by atoms with Gasteiger partial charge < -0.3 is 4.57 Å². The molecule has 0 aliphatic heterocycles. The normalized spacial score (nSPS) is 13.1. The highest BCUT2D eigenvalue weighted by Gasteiger charge is 2.08. The second kappa shape index (κ2) is 5.99. The summed E-state index contributed by atoms with van der Waals surface area (Å²) in [5, 5.41) is 0. The number of unbranched alkanes of at least 4 members (excludes halogenated alkanes) is 3. The Morgan fingerprint density at radius 3 is 2.20 bits per heavy atom. The van der Waals surface area contributed by atoms with Gasteiger partial charge >= 0.3 is 0 Å². The fraction of sp³-hybridized carbons (Fsp3) is 0.714. The van der Waals surface area contributed by atoms with E-state index < -0.39 is 0 Å². The Hall–Kier alpha value is -0.720. The molecule has 0 radical (unpaired) electrons. The van der Waals surface area contributed by atoms with Gasteiger partial charge in [0.2, 0.25) is 0 Å². The van der Waals surface area contributed by atoms with E-state index in [1.807, 2.05) is 0 Å². The largest absolute Gasteiger partial charge is 0.346 e. The third-order valence-electron chi connectivity index (χ3n) is 3.24. The SMILES string of the molecule is CCCCCCC(C)n1c(C)ccc1C. The predicted molar refractivity (Wildman–Crippen MR) is 67.4 cm³/mol. The van der Waals surface area contributed by atoms with Crippen molar-refractivity contribution in [3.05, 3.63) is 23.5 Å². The Morgan fingerprint density at radius 1 is 1.07 bits per heavy atom. The zero-order valence-electron chi connectivity index (χ0n) is 10.7. The van der Waals surface area contributed by atoms with Crippen molar-refractivity contribution in [2.24, 2.45) is 0 Å². The first-order chi connectivity index (χ1) is 7.16. The summed E-state index contributed by atoms with van der Waals surface area (Å²) in [7, 11) is 0. The molecule has 0 spiro atoms. The topological polar surface area (TPSA) is 4.93 Å². The van der Waals surface area contributed by atoms with Gasteiger partial charge in [0.1, 0.15) is 0 Å². The minimum Gasteiger partial charge on any atom is -0.346 e. The molecule has 0 aliphatic carbocycles. The molecule has 0 amide bonds. The second-order valence-corrected chi connectivity index (χ2v) is 4.68. The lowest BCUT2D eigenvalue weighted by molar-refractivity contribution is 0.460. The number of hydrogen-bond acceptors (Lipinski definition) is 0. The Balaban J connectivity index is 2.43. The molecule has 1 nitrogen and oxygen atoms in total. The molecule has 0 N–H and O–H groups in total. The van der Waals surface area contributed by atoms with E-state index in [1.54, 1.807) is 0 Å². The molecule has 1 heterocycles. The van der Waals surface area contributed by atoms with Gasteiger partial charge in [-0.25, -0.2) is 0 Å². The van der Waals surface area contributed by atoms with Crippen molar-refractivity contribution in [1.82, 2.24) is 4.57 Å². The van der Waals surface area contributed by atoms with Crippen LogP contribution >= 0.6 is 0 Å². The van der Waals surface area contributed by atoms with E-state index in [9.17, 15) is 0 Å². The van der Waals surface area contributed by atoms with Crippen LogP contribution in [0.1, 0.15) is 63.4 Å². The minimum absolute atomic E-state index is 0.664. The van der Waals surface area contributed by atoms with Crippen LogP contribution in [0.2, 0.25) is 0 Å². The molecule has 1 aromatic heterocycles. The maximum atomic E-state index is 2.46. The van der Waals surface area contributed by atoms with Crippen molar-refractivity contribution in [3.8, 4) is 0 Å². The van der Waals surface area contributed by atoms with Gasteiger partial charge in [0, 0.05) is 17.4 Å². The first-order valence-corrected chi connectivity index (χ1v) is 6.31. The van der Waals surface area contributed by atoms with Crippen molar-refractivity contribution >= 4 is 0 Å². The first kappa shape index (κ1) is 12.4. The third kappa shape index (κ3) is 3.40. The number of aromatic nitrogens is 1. The van der Waals surface area contributed by atoms with Crippen molar-refractivity contribution in [1.29, 1.82) is 0 Å². The lowest BCUT2D eigenvalue weighted by atomic mass is 10.1. The molecule has 1 aromatic rings. The van der Waals surface area contributed by atoms with E-state index >= 15 is 0 Å². The molecule has 0 aliphatic rings. The van der Waals surface area contributed by atoms with Gasteiger partial charge in [-0.2, -0.15) is 0 Å². The smallest absolute Gasteiger partial charge is 0.0307 e. The fourth-order valence-corrected chi connectivity index (χ4v) is 2.37. The Bertz CT molecular complexity index is 266. The molecule has 1 rings (SSSR count). The van der Waals surface area contributed by atoms with Gasteiger partial charge in [-0.3, -0.25) is 0 Å². The molecule has 0 aromatic carbocycles. The van der Waals surface area contributed by atoms with Crippen LogP contribution in [0.3, 0.4) is 0 Å². The molecule has 86 valence electrons. The summed E-state index contributed by atoms with van der Waals surface area (Å²) in [6.45, 7) is 9.01. The van der Waals surface area contributed by atoms with Gasteiger partial charge in [-0.15, -0.1) is 0 Å². The van der Waals surface area contributed by atoms with Gasteiger partial charge in [-0.1, -0.05) is 32.6 Å². The molecule has 1 heteroatoms. The molecular weight excluding hydrogens is 182 g/mol. The second-order valence-electron chi connectivity index (χ2n) is 4.68. The average Bonchev–Trinajstić information content (AvgIpc) is 2.53. The monoisotopic (exact) mass is 207 g/mol. The van der Waals surface area contributed by atoms with Gasteiger partial charge in [-0.05, 0) is 39.3 Å². The van der Waals surface area contributed by atoms with Crippen molar-refractivity contribution in [3.63, 3.8) is 0 Å². The van der Waals surface area contributed by atoms with Crippen molar-refractivity contribution in [2.75, 3.05) is 0 Å². The van der Waals surface area contributed by atoms with Crippen LogP contribution in [0.4, 0.5) is 0 Å². The Morgan fingerprint density at radius 2 is 1.67 bits per heavy atom. The van der Waals surface area contributed by atoms with E-state index in [2.05, 4.69) is 44.4 Å². The Labute approximate surface area is 94.5 Å². The highest BCUT2D eigenvalue weighted by molar-refractivity contribution is 5.14. The van der Waals surface area contributed by atoms with E-state index in [-0.39, 0.29) is 0 Å². The summed E-state index contributed by atoms with van der Waals surface area (Å²) in [5.74, 6) is 0. The van der Waals surface area contributed by atoms with Crippen LogP contribution in [0.5, 0.6) is 0 Å². The van der Waals surface area contributed by atoms with E-state index in [4.69, 9.17) is 0 Å². The van der Waals surface area contributed by atoms with Crippen LogP contribution in [0, 0.1) is 13.8 Å². The standard InChI is InChI=1S/C14H25N/c1-5-6-7-8-9-12(2)15-13(3)10-11-14(15)4/h10-12H,5-9H2,1-4H3. The Kier molecular flexibility index (Phi) is 4.93. The third-order valence-corrected chi connectivity index (χ3v) is 3.24. The van der Waals surface area contributed by atoms with Gasteiger partial charge in [0.15, 0.2) is 0 Å². The number of nitrogens with zero attached hydrogens (tertiary/aromatic N) is 1. The lowest BCUT2D eigenvalue weighted by Gasteiger charge is -2.18. The van der Waals surface area contributed by atoms with Crippen molar-refractivity contribution in [2.45, 2.75) is 65.8 Å². The quantitative estimate of drug-likeness (QED) is 0.599. The zero-order chi connectivity index (χ0) is 11.3. The van der Waals surface area contributed by atoms with Crippen molar-refractivity contribution < 1.29 is 0 Å². The minimum atomic E-state index is 0.664. The zero-order valence-corrected chi connectivity index (χ0v) is 10.7. The molecule has 0 fully saturated rings. The summed E-state index contributed by atoms with van der Waals surface area (Å²) in [6.07, 6.45) is 6.79. The van der Waals surface area contributed by atoms with Crippen LogP contribution in [0.25, 0.3) is 0 Å². The molecule has 1 atom stereocenters. The predicted octanol–water partition coefficient (Wildman–Crippen LogP) is 4.64. The summed E-state index contributed by atoms with van der Waals surface area (Å²) < 4.78 is 2.46. The number of hydrogen-bond donors (Lipinski definition) is 0. The fourth-order valence-electron chi connectivity index (χ4n) is 2.37. The van der Waals surface area contributed by atoms with E-state index in [0.29, 0.717) is 6.04 Å². The van der Waals surface area contributed by atoms with E-state index in [0.717, 1.165) is 0 Å². The number of rotatable bonds is 6. The van der Waals surface area contributed by atoms with Gasteiger partial charge in [0.05, 0.1) is 0 Å². The maximum absolute atomic E-state index is 2.46. The molecule has 0 saturated carbocycles. The highest BCUT2D eigenvalue weighted by atomic mass is 15.0. The summed E-state index contributed by atoms with van der Waals surface area (Å²) >= 11 is 0. The van der Waals surface area contributed by atoms with Gasteiger partial charge in [0.25, 0.3) is 0 Å². The molecule has 15 heavy (non-hydrogen) atoms. The van der Waals surface area contributed by atoms with Crippen LogP contribution in [-0.2, 0) is 0 Å². The lowest BCUT2D eigenvalue weighted by Crippen LogP contribution is -2.08. The molecule has 0 bridgehead atoms. The maximum Gasteiger partial charge on any atom is 0.0307 e. The highest BCUT2D eigenvalue weighted by Crippen LogP contribution is 2.20. The first-order valence-electron chi connectivity index (χ1n) is 6.31. The van der Waals surface area contributed by atoms with Crippen LogP contribution in [-0.4, -0.2) is 4.57 Å². The summed E-state index contributed by atoms with van der Waals surface area (Å²) in [6, 6.07) is 5.10. The summed E-state index contributed by atoms with van der Waals surface area (Å²) in [4.78, 5) is 0.